The fourth-order valence-corrected chi connectivity index (χ4v) is 4.10. The van der Waals surface area contributed by atoms with Crippen LogP contribution in [0, 0.1) is 17.2 Å². The van der Waals surface area contributed by atoms with E-state index in [1.54, 1.807) is 0 Å². The summed E-state index contributed by atoms with van der Waals surface area (Å²) in [5, 5.41) is 20.0. The van der Waals surface area contributed by atoms with E-state index in [1.807, 2.05) is 18.2 Å². The third-order valence-electron chi connectivity index (χ3n) is 5.37. The Morgan fingerprint density at radius 1 is 1.29 bits per heavy atom. The summed E-state index contributed by atoms with van der Waals surface area (Å²) in [7, 11) is 0. The van der Waals surface area contributed by atoms with Gasteiger partial charge >= 0.3 is 0 Å². The molecule has 1 aromatic rings. The molecule has 112 valence electrons. The average Bonchev–Trinajstić information content (AvgIpc) is 2.53. The van der Waals surface area contributed by atoms with E-state index in [-0.39, 0.29) is 6.04 Å². The van der Waals surface area contributed by atoms with E-state index in [9.17, 15) is 10.4 Å². The smallest absolute Gasteiger partial charge is 0.0700 e. The molecule has 1 aromatic carbocycles. The van der Waals surface area contributed by atoms with Crippen molar-refractivity contribution >= 4 is 0 Å². The lowest BCUT2D eigenvalue weighted by atomic mass is 9.71. The zero-order valence-electron chi connectivity index (χ0n) is 12.5. The summed E-state index contributed by atoms with van der Waals surface area (Å²) in [4.78, 5) is 2.42. The Bertz CT molecular complexity index is 510. The fraction of sp³-hybridized carbons (Fsp3) is 0.611. The highest BCUT2D eigenvalue weighted by Gasteiger charge is 2.44. The molecule has 2 fully saturated rings. The van der Waals surface area contributed by atoms with Gasteiger partial charge in [-0.15, -0.1) is 0 Å². The maximum atomic E-state index is 10.8. The van der Waals surface area contributed by atoms with E-state index in [0.717, 1.165) is 38.8 Å². The van der Waals surface area contributed by atoms with Crippen molar-refractivity contribution in [2.24, 2.45) is 5.92 Å². The average molecular weight is 284 g/mol. The highest BCUT2D eigenvalue weighted by molar-refractivity contribution is 5.20. The molecule has 0 amide bonds. The molecule has 1 aliphatic carbocycles. The van der Waals surface area contributed by atoms with Crippen molar-refractivity contribution in [2.45, 2.75) is 50.2 Å². The Morgan fingerprint density at radius 2 is 2.10 bits per heavy atom. The minimum atomic E-state index is -0.442. The SMILES string of the molecule is N#CCC(c1ccccc1)N1CCC2(O)CCCCC2C1. The first-order chi connectivity index (χ1) is 10.2. The first kappa shape index (κ1) is 14.6. The monoisotopic (exact) mass is 284 g/mol. The molecule has 1 saturated carbocycles. The van der Waals surface area contributed by atoms with Gasteiger partial charge in [-0.2, -0.15) is 5.26 Å². The molecular weight excluding hydrogens is 260 g/mol. The molecule has 3 rings (SSSR count). The molecule has 1 aliphatic heterocycles. The summed E-state index contributed by atoms with van der Waals surface area (Å²) >= 11 is 0. The van der Waals surface area contributed by atoms with Crippen LogP contribution in [0.2, 0.25) is 0 Å². The van der Waals surface area contributed by atoms with Crippen LogP contribution in [0.15, 0.2) is 30.3 Å². The van der Waals surface area contributed by atoms with Gasteiger partial charge in [0, 0.05) is 25.0 Å². The zero-order chi connectivity index (χ0) is 14.7. The van der Waals surface area contributed by atoms with Crippen molar-refractivity contribution in [2.75, 3.05) is 13.1 Å². The molecule has 21 heavy (non-hydrogen) atoms. The molecule has 3 atom stereocenters. The molecule has 2 aliphatic rings. The van der Waals surface area contributed by atoms with Crippen LogP contribution in [0.5, 0.6) is 0 Å². The highest BCUT2D eigenvalue weighted by atomic mass is 16.3. The quantitative estimate of drug-likeness (QED) is 0.926. The maximum Gasteiger partial charge on any atom is 0.0700 e. The molecule has 0 spiro atoms. The van der Waals surface area contributed by atoms with Gasteiger partial charge in [-0.3, -0.25) is 4.90 Å². The van der Waals surface area contributed by atoms with Gasteiger partial charge in [-0.25, -0.2) is 0 Å². The number of benzene rings is 1. The third kappa shape index (κ3) is 2.97. The van der Waals surface area contributed by atoms with Crippen molar-refractivity contribution in [1.82, 2.24) is 4.90 Å². The summed E-state index contributed by atoms with van der Waals surface area (Å²) in [5.74, 6) is 0.380. The fourth-order valence-electron chi connectivity index (χ4n) is 4.10. The lowest BCUT2D eigenvalue weighted by Crippen LogP contribution is -2.53. The number of nitriles is 1. The van der Waals surface area contributed by atoms with Gasteiger partial charge < -0.3 is 5.11 Å². The van der Waals surface area contributed by atoms with Crippen molar-refractivity contribution in [3.05, 3.63) is 35.9 Å². The largest absolute Gasteiger partial charge is 0.390 e. The Labute approximate surface area is 127 Å². The first-order valence-corrected chi connectivity index (χ1v) is 8.11. The van der Waals surface area contributed by atoms with Gasteiger partial charge in [-0.05, 0) is 24.8 Å². The summed E-state index contributed by atoms with van der Waals surface area (Å²) in [6.45, 7) is 1.83. The molecular formula is C18H24N2O. The summed E-state index contributed by atoms with van der Waals surface area (Å²) < 4.78 is 0. The Morgan fingerprint density at radius 3 is 2.86 bits per heavy atom. The van der Waals surface area contributed by atoms with Gasteiger partial charge in [0.1, 0.15) is 0 Å². The highest BCUT2D eigenvalue weighted by Crippen LogP contribution is 2.42. The van der Waals surface area contributed by atoms with Gasteiger partial charge in [-0.1, -0.05) is 43.2 Å². The lowest BCUT2D eigenvalue weighted by molar-refractivity contribution is -0.103. The second kappa shape index (κ2) is 6.17. The standard InChI is InChI=1S/C18H24N2O/c19-12-9-17(15-6-2-1-3-7-15)20-13-11-18(21)10-5-4-8-16(18)14-20/h1-3,6-7,16-17,21H,4-5,8-11,13-14H2. The van der Waals surface area contributed by atoms with Crippen LogP contribution in [0.3, 0.4) is 0 Å². The minimum Gasteiger partial charge on any atom is -0.390 e. The molecule has 3 heteroatoms. The van der Waals surface area contributed by atoms with Crippen molar-refractivity contribution < 1.29 is 5.11 Å². The van der Waals surface area contributed by atoms with Gasteiger partial charge in [0.2, 0.25) is 0 Å². The molecule has 0 radical (unpaired) electrons. The number of fused-ring (bicyclic) bond motifs is 1. The van der Waals surface area contributed by atoms with Gasteiger partial charge in [0.25, 0.3) is 0 Å². The minimum absolute atomic E-state index is 0.169. The summed E-state index contributed by atoms with van der Waals surface area (Å²) in [6.07, 6.45) is 5.85. The van der Waals surface area contributed by atoms with E-state index in [4.69, 9.17) is 0 Å². The van der Waals surface area contributed by atoms with E-state index in [0.29, 0.717) is 12.3 Å². The van der Waals surface area contributed by atoms with E-state index < -0.39 is 5.60 Å². The number of nitrogens with zero attached hydrogens (tertiary/aromatic N) is 2. The molecule has 1 heterocycles. The molecule has 3 unspecified atom stereocenters. The second-order valence-corrected chi connectivity index (χ2v) is 6.58. The summed E-state index contributed by atoms with van der Waals surface area (Å²) in [5.41, 5.74) is 0.781. The first-order valence-electron chi connectivity index (χ1n) is 8.11. The topological polar surface area (TPSA) is 47.3 Å². The van der Waals surface area contributed by atoms with Crippen LogP contribution in [-0.2, 0) is 0 Å². The number of likely N-dealkylation sites (tertiary alicyclic amines) is 1. The van der Waals surface area contributed by atoms with Crippen LogP contribution in [-0.4, -0.2) is 28.7 Å². The van der Waals surface area contributed by atoms with Gasteiger partial charge in [0.15, 0.2) is 0 Å². The Balaban J connectivity index is 1.77. The Kier molecular flexibility index (Phi) is 4.28. The molecule has 3 nitrogen and oxygen atoms in total. The van der Waals surface area contributed by atoms with E-state index in [2.05, 4.69) is 23.1 Å². The number of piperidine rings is 1. The predicted octanol–water partition coefficient (Wildman–Crippen LogP) is 3.27. The molecule has 0 aromatic heterocycles. The van der Waals surface area contributed by atoms with Crippen LogP contribution in [0.25, 0.3) is 0 Å². The molecule has 1 saturated heterocycles. The normalized spacial score (nSPS) is 31.1. The van der Waals surface area contributed by atoms with Gasteiger partial charge in [0.05, 0.1) is 18.1 Å². The maximum absolute atomic E-state index is 10.8. The van der Waals surface area contributed by atoms with Crippen LogP contribution in [0.4, 0.5) is 0 Å². The molecule has 0 bridgehead atoms. The van der Waals surface area contributed by atoms with Crippen molar-refractivity contribution in [1.29, 1.82) is 5.26 Å². The lowest BCUT2D eigenvalue weighted by Gasteiger charge is -2.49. The number of hydrogen-bond donors (Lipinski definition) is 1. The Hall–Kier alpha value is -1.37. The van der Waals surface area contributed by atoms with E-state index >= 15 is 0 Å². The van der Waals surface area contributed by atoms with Crippen molar-refractivity contribution in [3.63, 3.8) is 0 Å². The third-order valence-corrected chi connectivity index (χ3v) is 5.37. The number of aliphatic hydroxyl groups is 1. The number of hydrogen-bond acceptors (Lipinski definition) is 3. The summed E-state index contributed by atoms with van der Waals surface area (Å²) in [6, 6.07) is 12.8. The second-order valence-electron chi connectivity index (χ2n) is 6.58. The predicted molar refractivity (Wildman–Crippen MR) is 82.5 cm³/mol. The van der Waals surface area contributed by atoms with Crippen LogP contribution >= 0.6 is 0 Å². The number of rotatable bonds is 3. The molecule has 1 N–H and O–H groups in total. The van der Waals surface area contributed by atoms with Crippen molar-refractivity contribution in [3.8, 4) is 6.07 Å². The van der Waals surface area contributed by atoms with Crippen LogP contribution < -0.4 is 0 Å². The zero-order valence-corrected chi connectivity index (χ0v) is 12.5. The van der Waals surface area contributed by atoms with Crippen LogP contribution in [0.1, 0.15) is 50.1 Å². The van der Waals surface area contributed by atoms with E-state index in [1.165, 1.54) is 12.0 Å².